The zero-order valence-corrected chi connectivity index (χ0v) is 19.9. The first-order chi connectivity index (χ1) is 14.2. The van der Waals surface area contributed by atoms with Gasteiger partial charge in [0.1, 0.15) is 0 Å². The first-order valence-electron chi connectivity index (χ1n) is 11.4. The lowest BCUT2D eigenvalue weighted by Gasteiger charge is -2.39. The summed E-state index contributed by atoms with van der Waals surface area (Å²) in [5.41, 5.74) is 0.516. The Labute approximate surface area is 184 Å². The van der Waals surface area contributed by atoms with Crippen LogP contribution in [0.1, 0.15) is 53.9 Å². The van der Waals surface area contributed by atoms with E-state index >= 15 is 0 Å². The van der Waals surface area contributed by atoms with E-state index in [1.165, 1.54) is 24.6 Å². The van der Waals surface area contributed by atoms with Crippen molar-refractivity contribution in [3.63, 3.8) is 0 Å². The highest BCUT2D eigenvalue weighted by atomic mass is 32.2. The van der Waals surface area contributed by atoms with Gasteiger partial charge in [-0.1, -0.05) is 46.4 Å². The molecule has 2 aliphatic carbocycles. The Balaban J connectivity index is 1.40. The fraction of sp³-hybridized carbons (Fsp3) is 0.864. The first-order valence-corrected chi connectivity index (χ1v) is 12.4. The number of carbonyl (C=O) groups is 1. The molecule has 2 heterocycles. The number of anilines is 1. The van der Waals surface area contributed by atoms with E-state index in [0.717, 1.165) is 56.3 Å². The van der Waals surface area contributed by atoms with Crippen LogP contribution in [0.15, 0.2) is 5.16 Å². The van der Waals surface area contributed by atoms with Crippen LogP contribution < -0.4 is 10.2 Å². The van der Waals surface area contributed by atoms with E-state index in [-0.39, 0.29) is 17.4 Å². The molecule has 30 heavy (non-hydrogen) atoms. The topological polar surface area (TPSA) is 72.3 Å². The normalized spacial score (nSPS) is 30.3. The number of aromatic nitrogens is 3. The predicted molar refractivity (Wildman–Crippen MR) is 120 cm³/mol. The van der Waals surface area contributed by atoms with E-state index in [4.69, 9.17) is 4.74 Å². The minimum absolute atomic E-state index is 0.113. The number of ether oxygens (including phenoxy) is 1. The summed E-state index contributed by atoms with van der Waals surface area (Å²) in [5, 5.41) is 13.1. The molecule has 2 saturated carbocycles. The number of carbonyl (C=O) groups excluding carboxylic acids is 1. The van der Waals surface area contributed by atoms with Crippen LogP contribution in [-0.2, 0) is 16.1 Å². The first kappa shape index (κ1) is 21.9. The number of nitrogens with zero attached hydrogens (tertiary/aromatic N) is 4. The summed E-state index contributed by atoms with van der Waals surface area (Å²) in [5.74, 6) is 2.60. The molecule has 1 saturated heterocycles. The molecule has 2 bridgehead atoms. The van der Waals surface area contributed by atoms with E-state index < -0.39 is 0 Å². The van der Waals surface area contributed by atoms with Crippen LogP contribution in [-0.4, -0.2) is 58.8 Å². The zero-order chi connectivity index (χ0) is 21.5. The largest absolute Gasteiger partial charge is 0.378 e. The van der Waals surface area contributed by atoms with Gasteiger partial charge in [0.25, 0.3) is 0 Å². The molecule has 0 radical (unpaired) electrons. The van der Waals surface area contributed by atoms with Crippen molar-refractivity contribution in [1.82, 2.24) is 20.1 Å². The van der Waals surface area contributed by atoms with Crippen molar-refractivity contribution in [3.05, 3.63) is 0 Å². The smallest absolute Gasteiger partial charge is 0.230 e. The van der Waals surface area contributed by atoms with Gasteiger partial charge in [-0.15, -0.1) is 10.2 Å². The van der Waals surface area contributed by atoms with E-state index in [1.807, 2.05) is 0 Å². The van der Waals surface area contributed by atoms with E-state index in [9.17, 15) is 4.79 Å². The summed E-state index contributed by atoms with van der Waals surface area (Å²) in [7, 11) is 0. The fourth-order valence-corrected chi connectivity index (χ4v) is 6.45. The van der Waals surface area contributed by atoms with E-state index in [0.29, 0.717) is 17.1 Å². The Morgan fingerprint density at radius 1 is 1.27 bits per heavy atom. The Morgan fingerprint density at radius 3 is 2.60 bits per heavy atom. The SMILES string of the molecule is CC(C)Cn1c(SCC(=O)N[C@@H]2C[C@H]3CC[C@@]2(C)C3(C)C)nnc1N1CCOCC1. The van der Waals surface area contributed by atoms with Crippen LogP contribution in [0.3, 0.4) is 0 Å². The van der Waals surface area contributed by atoms with Crippen LogP contribution in [0.4, 0.5) is 5.95 Å². The second-order valence-corrected chi connectivity index (χ2v) is 11.3. The molecule has 3 aliphatic rings. The number of fused-ring (bicyclic) bond motifs is 2. The quantitative estimate of drug-likeness (QED) is 0.663. The lowest BCUT2D eigenvalue weighted by Crippen LogP contribution is -2.47. The van der Waals surface area contributed by atoms with Crippen molar-refractivity contribution in [3.8, 4) is 0 Å². The van der Waals surface area contributed by atoms with Crippen LogP contribution in [0.5, 0.6) is 0 Å². The number of thioether (sulfide) groups is 1. The summed E-state index contributed by atoms with van der Waals surface area (Å²) < 4.78 is 7.65. The van der Waals surface area contributed by atoms with E-state index in [2.05, 4.69) is 59.6 Å². The molecule has 0 aromatic carbocycles. The molecular formula is C22H37N5O2S. The van der Waals surface area contributed by atoms with Crippen molar-refractivity contribution < 1.29 is 9.53 Å². The van der Waals surface area contributed by atoms with Gasteiger partial charge in [-0.25, -0.2) is 0 Å². The average Bonchev–Trinajstić information content (AvgIpc) is 3.25. The summed E-state index contributed by atoms with van der Waals surface area (Å²) in [6.07, 6.45) is 3.63. The maximum atomic E-state index is 12.8. The predicted octanol–water partition coefficient (Wildman–Crippen LogP) is 3.19. The van der Waals surface area contributed by atoms with Gasteiger partial charge in [-0.2, -0.15) is 0 Å². The molecule has 7 nitrogen and oxygen atoms in total. The van der Waals surface area contributed by atoms with Gasteiger partial charge in [0.05, 0.1) is 19.0 Å². The highest BCUT2D eigenvalue weighted by Crippen LogP contribution is 2.65. The summed E-state index contributed by atoms with van der Waals surface area (Å²) in [6.45, 7) is 15.5. The summed E-state index contributed by atoms with van der Waals surface area (Å²) in [6, 6.07) is 0.289. The second kappa shape index (κ2) is 8.34. The molecule has 8 heteroatoms. The van der Waals surface area contributed by atoms with Gasteiger partial charge >= 0.3 is 0 Å². The van der Waals surface area contributed by atoms with Crippen molar-refractivity contribution in [2.75, 3.05) is 37.0 Å². The summed E-state index contributed by atoms with van der Waals surface area (Å²) >= 11 is 1.50. The molecule has 1 aromatic heterocycles. The third kappa shape index (κ3) is 3.85. The molecular weight excluding hydrogens is 398 g/mol. The maximum absolute atomic E-state index is 12.8. The maximum Gasteiger partial charge on any atom is 0.230 e. The minimum Gasteiger partial charge on any atom is -0.378 e. The van der Waals surface area contributed by atoms with Crippen LogP contribution in [0.25, 0.3) is 0 Å². The van der Waals surface area contributed by atoms with Crippen molar-refractivity contribution >= 4 is 23.6 Å². The molecule has 168 valence electrons. The Hall–Kier alpha value is -1.28. The van der Waals surface area contributed by atoms with Crippen molar-refractivity contribution in [1.29, 1.82) is 0 Å². The van der Waals surface area contributed by atoms with Crippen LogP contribution in [0.2, 0.25) is 0 Å². The number of nitrogens with one attached hydrogen (secondary N) is 1. The zero-order valence-electron chi connectivity index (χ0n) is 19.1. The number of rotatable bonds is 7. The highest BCUT2D eigenvalue weighted by molar-refractivity contribution is 7.99. The molecule has 0 spiro atoms. The Bertz CT molecular complexity index is 774. The molecule has 4 rings (SSSR count). The molecule has 1 amide bonds. The van der Waals surface area contributed by atoms with Gasteiger partial charge in [-0.05, 0) is 41.9 Å². The molecule has 1 aliphatic heterocycles. The number of amides is 1. The molecule has 3 fully saturated rings. The fourth-order valence-electron chi connectivity index (χ4n) is 5.70. The second-order valence-electron chi connectivity index (χ2n) is 10.4. The molecule has 3 atom stereocenters. The van der Waals surface area contributed by atoms with Crippen LogP contribution in [0, 0.1) is 22.7 Å². The standard InChI is InChI=1S/C22H37N5O2S/c1-15(2)13-27-19(26-8-10-29-11-9-26)24-25-20(27)30-14-18(28)23-17-12-16-6-7-22(17,5)21(16,3)4/h15-17H,6-14H2,1-5H3,(H,23,28)/t16-,17-,22-/m1/s1. The minimum atomic E-state index is 0.113. The van der Waals surface area contributed by atoms with Crippen LogP contribution >= 0.6 is 11.8 Å². The number of hydrogen-bond donors (Lipinski definition) is 1. The van der Waals surface area contributed by atoms with Gasteiger partial charge < -0.3 is 15.0 Å². The van der Waals surface area contributed by atoms with Gasteiger partial charge in [0.2, 0.25) is 11.9 Å². The lowest BCUT2D eigenvalue weighted by molar-refractivity contribution is -0.120. The lowest BCUT2D eigenvalue weighted by atomic mass is 9.69. The monoisotopic (exact) mass is 435 g/mol. The Kier molecular flexibility index (Phi) is 6.10. The third-order valence-corrected chi connectivity index (χ3v) is 8.97. The van der Waals surface area contributed by atoms with Gasteiger partial charge in [0, 0.05) is 25.7 Å². The number of morpholine rings is 1. The van der Waals surface area contributed by atoms with Gasteiger partial charge in [-0.3, -0.25) is 9.36 Å². The third-order valence-electron chi connectivity index (χ3n) is 8.00. The van der Waals surface area contributed by atoms with Crippen molar-refractivity contribution in [2.24, 2.45) is 22.7 Å². The van der Waals surface area contributed by atoms with Gasteiger partial charge in [0.15, 0.2) is 5.16 Å². The summed E-state index contributed by atoms with van der Waals surface area (Å²) in [4.78, 5) is 15.1. The molecule has 1 N–H and O–H groups in total. The molecule has 0 unspecified atom stereocenters. The highest BCUT2D eigenvalue weighted by Gasteiger charge is 2.61. The van der Waals surface area contributed by atoms with E-state index in [1.54, 1.807) is 0 Å². The van der Waals surface area contributed by atoms with Crippen molar-refractivity contribution in [2.45, 2.75) is 71.6 Å². The Morgan fingerprint density at radius 2 is 2.00 bits per heavy atom. The number of hydrogen-bond acceptors (Lipinski definition) is 6. The average molecular weight is 436 g/mol. The molecule has 1 aromatic rings.